The third-order valence-corrected chi connectivity index (χ3v) is 15.6. The van der Waals surface area contributed by atoms with Crippen LogP contribution in [0.2, 0.25) is 0 Å². The highest BCUT2D eigenvalue weighted by Crippen LogP contribution is 2.52. The Balaban J connectivity index is 0.947. The van der Waals surface area contributed by atoms with Gasteiger partial charge in [-0.15, -0.1) is 11.8 Å². The van der Waals surface area contributed by atoms with Crippen LogP contribution in [0.3, 0.4) is 0 Å². The molecule has 0 saturated carbocycles. The number of rotatable bonds is 20. The highest BCUT2D eigenvalue weighted by Gasteiger charge is 2.61. The predicted octanol–water partition coefficient (Wildman–Crippen LogP) is 4.87. The summed E-state index contributed by atoms with van der Waals surface area (Å²) in [4.78, 5) is 146. The number of β-lactam (4-membered cyclic amide) rings is 1. The normalized spacial score (nSPS) is 19.4. The fourth-order valence-electron chi connectivity index (χ4n) is 9.66. The van der Waals surface area contributed by atoms with Crippen molar-refractivity contribution in [3.63, 3.8) is 0 Å². The summed E-state index contributed by atoms with van der Waals surface area (Å²) >= 11 is 1.14. The van der Waals surface area contributed by atoms with Crippen LogP contribution in [0.15, 0.2) is 113 Å². The number of aliphatic hydroxyl groups is 1. The van der Waals surface area contributed by atoms with Gasteiger partial charge >= 0.3 is 24.2 Å². The molecule has 31 nitrogen and oxygen atoms in total. The van der Waals surface area contributed by atoms with Crippen molar-refractivity contribution < 1.29 is 77.3 Å². The molecule has 0 aliphatic carbocycles. The lowest BCUT2D eigenvalue weighted by Crippen LogP contribution is -2.64. The first kappa shape index (κ1) is 61.0. The highest BCUT2D eigenvalue weighted by molar-refractivity contribution is 8.03. The average Bonchev–Trinajstić information content (AvgIpc) is 1.70. The molecule has 0 unspecified atom stereocenters. The quantitative estimate of drug-likeness (QED) is 0.0174. The maximum atomic E-state index is 14.5. The van der Waals surface area contributed by atoms with Gasteiger partial charge in [0.25, 0.3) is 22.7 Å². The Morgan fingerprint density at radius 2 is 1.08 bits per heavy atom. The molecular formula is C53H53N11O20S. The number of non-ortho nitro benzene ring substituents is 4. The number of nitrogens with zero attached hydrogens (tertiary/aromatic N) is 8. The number of hydrogen-bond acceptors (Lipinski definition) is 22. The first-order valence-electron chi connectivity index (χ1n) is 26.0. The van der Waals surface area contributed by atoms with Crippen molar-refractivity contribution >= 4 is 82.4 Å². The number of esters is 1. The lowest BCUT2D eigenvalue weighted by Gasteiger charge is -2.46. The van der Waals surface area contributed by atoms with Crippen molar-refractivity contribution in [1.29, 1.82) is 0 Å². The van der Waals surface area contributed by atoms with E-state index in [9.17, 15) is 79.1 Å². The molecule has 0 aromatic heterocycles. The molecule has 6 amide bonds. The zero-order valence-electron chi connectivity index (χ0n) is 45.2. The van der Waals surface area contributed by atoms with E-state index in [0.717, 1.165) is 11.8 Å². The van der Waals surface area contributed by atoms with E-state index in [-0.39, 0.29) is 80.9 Å². The van der Waals surface area contributed by atoms with Gasteiger partial charge in [0, 0.05) is 84.2 Å². The van der Waals surface area contributed by atoms with Crippen LogP contribution in [0.25, 0.3) is 0 Å². The van der Waals surface area contributed by atoms with Crippen LogP contribution in [0, 0.1) is 52.3 Å². The molecular weight excluding hydrogens is 1140 g/mol. The molecule has 8 rings (SSSR count). The summed E-state index contributed by atoms with van der Waals surface area (Å²) in [5.74, 6) is -4.72. The van der Waals surface area contributed by atoms with Crippen molar-refractivity contribution in [3.05, 3.63) is 170 Å². The number of aliphatic hydroxyl groups excluding tert-OH is 1. The lowest BCUT2D eigenvalue weighted by atomic mass is 9.79. The summed E-state index contributed by atoms with van der Waals surface area (Å²) in [6, 6.07) is 16.9. The number of alkyl carbamates (subject to hydrolysis) is 2. The molecule has 7 atom stereocenters. The lowest BCUT2D eigenvalue weighted by molar-refractivity contribution is -0.385. The molecule has 32 heteroatoms. The second-order valence-corrected chi connectivity index (χ2v) is 21.3. The number of amides is 6. The monoisotopic (exact) mass is 1200 g/mol. The second-order valence-electron chi connectivity index (χ2n) is 19.9. The first-order chi connectivity index (χ1) is 40.4. The van der Waals surface area contributed by atoms with Crippen molar-refractivity contribution in [2.75, 3.05) is 19.6 Å². The maximum Gasteiger partial charge on any atom is 0.414 e. The molecule has 3 saturated heterocycles. The Hall–Kier alpha value is -10.1. The van der Waals surface area contributed by atoms with Crippen LogP contribution in [-0.2, 0) is 64.6 Å². The van der Waals surface area contributed by atoms with Crippen molar-refractivity contribution in [2.24, 2.45) is 16.8 Å². The topological polar surface area (TPSA) is 407 Å². The largest absolute Gasteiger partial charge is 0.456 e. The van der Waals surface area contributed by atoms with Crippen LogP contribution in [0.1, 0.15) is 49.4 Å². The van der Waals surface area contributed by atoms with Gasteiger partial charge in [0.2, 0.25) is 23.7 Å². The van der Waals surface area contributed by atoms with Crippen LogP contribution < -0.4 is 16.0 Å². The van der Waals surface area contributed by atoms with Gasteiger partial charge in [0.1, 0.15) is 44.2 Å². The fraction of sp³-hybridized carbons (Fsp3) is 0.358. The number of carbonyl (C=O) groups excluding carboxylic acids is 7. The van der Waals surface area contributed by atoms with E-state index in [1.54, 1.807) is 6.92 Å². The number of nitrogens with one attached hydrogen (secondary N) is 3. The fourth-order valence-corrected chi connectivity index (χ4v) is 11.2. The number of nitro benzene ring substituents is 4. The van der Waals surface area contributed by atoms with Crippen LogP contribution >= 0.6 is 11.8 Å². The van der Waals surface area contributed by atoms with Crippen LogP contribution in [0.4, 0.5) is 37.1 Å². The number of carbonyl (C=O) groups is 7. The number of benzene rings is 4. The van der Waals surface area contributed by atoms with Gasteiger partial charge < -0.3 is 39.2 Å². The zero-order valence-corrected chi connectivity index (χ0v) is 46.0. The van der Waals surface area contributed by atoms with E-state index in [4.69, 9.17) is 18.9 Å². The minimum Gasteiger partial charge on any atom is -0.456 e. The number of ether oxygens (including phenoxy) is 4. The van der Waals surface area contributed by atoms with E-state index in [2.05, 4.69) is 20.9 Å². The van der Waals surface area contributed by atoms with Gasteiger partial charge in [0.15, 0.2) is 0 Å². The third kappa shape index (κ3) is 14.6. The van der Waals surface area contributed by atoms with Crippen LogP contribution in [-0.4, -0.2) is 143 Å². The molecule has 0 spiro atoms. The number of nitro groups is 4. The molecule has 4 heterocycles. The Labute approximate surface area is 484 Å². The minimum absolute atomic E-state index is 0.00933. The minimum atomic E-state index is -1.35. The SMILES string of the molecule is C[C@@H](N=C(NC(=O)OCc1ccc([N+](=O)[O-])cc1)NC(=O)OCc1ccc([N+](=O)[O-])cc1)C(=O)NC1CN(C(=O)[C@@H]2C[C@H](SC3=C(C(=O)OCc4ccc([N+](=O)[O-])cc4)N4C(=O)[C@H]([C@@H](C)O)[C@H]4[C@H]3C)CN2C(=O)OCc2ccc([N+](=O)[O-])cc2)C1. The molecule has 85 heavy (non-hydrogen) atoms. The highest BCUT2D eigenvalue weighted by atomic mass is 32.2. The molecule has 4 aromatic carbocycles. The van der Waals surface area contributed by atoms with Crippen molar-refractivity contribution in [3.8, 4) is 0 Å². The van der Waals surface area contributed by atoms with E-state index in [1.807, 2.05) is 0 Å². The number of thioether (sulfide) groups is 1. The standard InChI is InChI=1S/C53H53N11O20S/c1-28-43-42(30(3)65)48(68)60(43)44(49(69)81-24-31-4-12-36(13-5-31)61(73)74)45(28)85-40-20-41(59(23-40)53(72)84-27-34-10-18-39(19-11-34)64(79)80)47(67)58-21-35(22-58)55-46(66)29(2)54-50(56-51(70)82-25-32-6-14-37(15-7-32)62(75)76)57-52(71)83-26-33-8-16-38(17-9-33)63(77)78/h4-19,28-30,35,40-43,65H,20-27H2,1-3H3,(H,55,66)(H2,54,56,57,70,71)/t28-,29-,30-,40+,41+,42-,43-/m1/s1. The molecule has 0 radical (unpaired) electrons. The Morgan fingerprint density at radius 1 is 0.659 bits per heavy atom. The van der Waals surface area contributed by atoms with Crippen molar-refractivity contribution in [2.45, 2.75) is 89.1 Å². The van der Waals surface area contributed by atoms with Crippen molar-refractivity contribution in [1.82, 2.24) is 30.7 Å². The van der Waals surface area contributed by atoms with E-state index >= 15 is 0 Å². The van der Waals surface area contributed by atoms with Gasteiger partial charge in [-0.1, -0.05) is 6.92 Å². The number of fused-ring (bicyclic) bond motifs is 1. The van der Waals surface area contributed by atoms with E-state index in [1.165, 1.54) is 126 Å². The van der Waals surface area contributed by atoms with Crippen LogP contribution in [0.5, 0.6) is 0 Å². The van der Waals surface area contributed by atoms with Gasteiger partial charge in [-0.3, -0.25) is 70.4 Å². The first-order valence-corrected chi connectivity index (χ1v) is 26.8. The summed E-state index contributed by atoms with van der Waals surface area (Å²) < 4.78 is 21.7. The summed E-state index contributed by atoms with van der Waals surface area (Å²) in [5.41, 5.74) is 0.636. The zero-order chi connectivity index (χ0) is 61.4. The molecule has 446 valence electrons. The number of likely N-dealkylation sites (tertiary alicyclic amines) is 2. The van der Waals surface area contributed by atoms with Gasteiger partial charge in [-0.2, -0.15) is 0 Å². The molecule has 4 N–H and O–H groups in total. The predicted molar refractivity (Wildman–Crippen MR) is 293 cm³/mol. The number of aliphatic imine (C=N–C) groups is 1. The Bertz CT molecular complexity index is 3280. The van der Waals surface area contributed by atoms with E-state index < -0.39 is 115 Å². The van der Waals surface area contributed by atoms with Gasteiger partial charge in [-0.25, -0.2) is 24.2 Å². The van der Waals surface area contributed by atoms with E-state index in [0.29, 0.717) is 27.2 Å². The summed E-state index contributed by atoms with van der Waals surface area (Å²) in [7, 11) is 0. The Kier molecular flexibility index (Phi) is 19.0. The molecule has 4 aliphatic heterocycles. The Morgan fingerprint density at radius 3 is 1.51 bits per heavy atom. The summed E-state index contributed by atoms with van der Waals surface area (Å²) in [6.45, 7) is 2.86. The second kappa shape index (κ2) is 26.4. The van der Waals surface area contributed by atoms with Gasteiger partial charge in [0.05, 0.1) is 43.8 Å². The third-order valence-electron chi connectivity index (χ3n) is 14.1. The molecule has 0 bridgehead atoms. The van der Waals surface area contributed by atoms with Gasteiger partial charge in [-0.05, 0) is 91.1 Å². The number of hydrogen-bond donors (Lipinski definition) is 4. The molecule has 3 fully saturated rings. The maximum absolute atomic E-state index is 14.5. The molecule has 4 aromatic rings. The smallest absolute Gasteiger partial charge is 0.414 e. The molecule has 4 aliphatic rings. The average molecular weight is 1200 g/mol. The summed E-state index contributed by atoms with van der Waals surface area (Å²) in [5, 5.41) is 61.7. The summed E-state index contributed by atoms with van der Waals surface area (Å²) in [6.07, 6.45) is -4.37. The number of guanidine groups is 1.